The van der Waals surface area contributed by atoms with Crippen LogP contribution in [-0.2, 0) is 6.54 Å². The largest absolute Gasteiger partial charge is 0.497 e. The fourth-order valence-electron chi connectivity index (χ4n) is 3.91. The topological polar surface area (TPSA) is 60.6 Å². The van der Waals surface area contributed by atoms with E-state index in [0.717, 1.165) is 30.0 Å². The molecule has 29 heavy (non-hydrogen) atoms. The zero-order valence-corrected chi connectivity index (χ0v) is 17.0. The molecule has 3 aromatic rings. The molecule has 1 fully saturated rings. The quantitative estimate of drug-likeness (QED) is 0.595. The fourth-order valence-corrected chi connectivity index (χ4v) is 3.91. The molecule has 0 amide bonds. The third-order valence-electron chi connectivity index (χ3n) is 5.52. The standard InChI is InChI=1S/C23H27N3O3/c1-27-19-11-7-17(8-12-19)21-6-4-3-5-15-26(21)16-22-24-23(25-29-22)18-9-13-20(28-2)14-10-18/h7-14,21H,3-6,15-16H2,1-2H3/t21-/m0/s1. The number of rotatable bonds is 6. The molecule has 152 valence electrons. The summed E-state index contributed by atoms with van der Waals surface area (Å²) in [4.78, 5) is 7.09. The highest BCUT2D eigenvalue weighted by Crippen LogP contribution is 2.32. The number of likely N-dealkylation sites (tertiary alicyclic amines) is 1. The molecule has 0 spiro atoms. The number of methoxy groups -OCH3 is 2. The van der Waals surface area contributed by atoms with Crippen LogP contribution < -0.4 is 9.47 Å². The molecule has 2 aromatic carbocycles. The Morgan fingerprint density at radius 1 is 0.931 bits per heavy atom. The van der Waals surface area contributed by atoms with Gasteiger partial charge in [0.15, 0.2) is 0 Å². The van der Waals surface area contributed by atoms with Crippen molar-refractivity contribution in [3.05, 3.63) is 60.0 Å². The molecule has 0 radical (unpaired) electrons. The number of nitrogens with zero attached hydrogens (tertiary/aromatic N) is 3. The van der Waals surface area contributed by atoms with Crippen molar-refractivity contribution in [2.24, 2.45) is 0 Å². The number of hydrogen-bond donors (Lipinski definition) is 0. The number of hydrogen-bond acceptors (Lipinski definition) is 6. The molecule has 0 unspecified atom stereocenters. The molecule has 6 heteroatoms. The molecule has 0 saturated carbocycles. The van der Waals surface area contributed by atoms with Gasteiger partial charge in [0.05, 0.1) is 20.8 Å². The Kier molecular flexibility index (Phi) is 6.10. The molecule has 6 nitrogen and oxygen atoms in total. The van der Waals surface area contributed by atoms with Gasteiger partial charge in [-0.05, 0) is 61.3 Å². The minimum absolute atomic E-state index is 0.347. The maximum absolute atomic E-state index is 5.59. The van der Waals surface area contributed by atoms with Gasteiger partial charge in [-0.3, -0.25) is 4.90 Å². The highest BCUT2D eigenvalue weighted by molar-refractivity contribution is 5.55. The maximum atomic E-state index is 5.59. The predicted octanol–water partition coefficient (Wildman–Crippen LogP) is 4.87. The van der Waals surface area contributed by atoms with E-state index in [9.17, 15) is 0 Å². The van der Waals surface area contributed by atoms with Crippen LogP contribution in [0.2, 0.25) is 0 Å². The lowest BCUT2D eigenvalue weighted by Crippen LogP contribution is -2.28. The van der Waals surface area contributed by atoms with Crippen LogP contribution in [0.25, 0.3) is 11.4 Å². The van der Waals surface area contributed by atoms with Gasteiger partial charge in [-0.25, -0.2) is 0 Å². The van der Waals surface area contributed by atoms with Crippen LogP contribution in [0, 0.1) is 0 Å². The van der Waals surface area contributed by atoms with E-state index in [-0.39, 0.29) is 0 Å². The molecule has 4 rings (SSSR count). The number of benzene rings is 2. The highest BCUT2D eigenvalue weighted by Gasteiger charge is 2.24. The van der Waals surface area contributed by atoms with Crippen LogP contribution in [0.4, 0.5) is 0 Å². The molecule has 2 heterocycles. The summed E-state index contributed by atoms with van der Waals surface area (Å²) in [5.41, 5.74) is 2.23. The van der Waals surface area contributed by atoms with Crippen molar-refractivity contribution < 1.29 is 14.0 Å². The zero-order chi connectivity index (χ0) is 20.1. The summed E-state index contributed by atoms with van der Waals surface area (Å²) in [5, 5.41) is 4.18. The van der Waals surface area contributed by atoms with E-state index in [1.807, 2.05) is 36.4 Å². The highest BCUT2D eigenvalue weighted by atomic mass is 16.5. The van der Waals surface area contributed by atoms with E-state index in [0.29, 0.717) is 24.3 Å². The van der Waals surface area contributed by atoms with Gasteiger partial charge in [-0.15, -0.1) is 0 Å². The van der Waals surface area contributed by atoms with Crippen molar-refractivity contribution in [1.82, 2.24) is 15.0 Å². The summed E-state index contributed by atoms with van der Waals surface area (Å²) in [6.45, 7) is 1.68. The lowest BCUT2D eigenvalue weighted by atomic mass is 10.0. The second-order valence-corrected chi connectivity index (χ2v) is 7.35. The van der Waals surface area contributed by atoms with Crippen LogP contribution >= 0.6 is 0 Å². The van der Waals surface area contributed by atoms with Crippen molar-refractivity contribution in [2.45, 2.75) is 38.3 Å². The summed E-state index contributed by atoms with van der Waals surface area (Å²) >= 11 is 0. The molecule has 1 aliphatic heterocycles. The van der Waals surface area contributed by atoms with Gasteiger partial charge in [0.2, 0.25) is 11.7 Å². The van der Waals surface area contributed by atoms with E-state index in [4.69, 9.17) is 14.0 Å². The van der Waals surface area contributed by atoms with Crippen LogP contribution in [-0.4, -0.2) is 35.8 Å². The van der Waals surface area contributed by atoms with Gasteiger partial charge in [0, 0.05) is 11.6 Å². The Labute approximate surface area is 171 Å². The Morgan fingerprint density at radius 2 is 1.62 bits per heavy atom. The maximum Gasteiger partial charge on any atom is 0.241 e. The molecule has 1 atom stereocenters. The van der Waals surface area contributed by atoms with Crippen molar-refractivity contribution in [3.63, 3.8) is 0 Å². The SMILES string of the molecule is COc1ccc(-c2noc(CN3CCCCC[C@H]3c3ccc(OC)cc3)n2)cc1. The van der Waals surface area contributed by atoms with Crippen molar-refractivity contribution in [1.29, 1.82) is 0 Å². The molecule has 1 aromatic heterocycles. The third-order valence-corrected chi connectivity index (χ3v) is 5.52. The normalized spacial score (nSPS) is 17.7. The molecule has 0 bridgehead atoms. The first-order chi connectivity index (χ1) is 14.3. The first kappa shape index (κ1) is 19.5. The molecule has 0 aliphatic carbocycles. The Hall–Kier alpha value is -2.86. The average Bonchev–Trinajstić information content (AvgIpc) is 3.12. The van der Waals surface area contributed by atoms with Crippen molar-refractivity contribution in [2.75, 3.05) is 20.8 Å². The molecule has 0 N–H and O–H groups in total. The zero-order valence-electron chi connectivity index (χ0n) is 17.0. The Bertz CT molecular complexity index is 906. The minimum Gasteiger partial charge on any atom is -0.497 e. The summed E-state index contributed by atoms with van der Waals surface area (Å²) in [6.07, 6.45) is 4.80. The molecular formula is C23H27N3O3. The summed E-state index contributed by atoms with van der Waals surface area (Å²) in [7, 11) is 3.35. The van der Waals surface area contributed by atoms with E-state index >= 15 is 0 Å². The van der Waals surface area contributed by atoms with Crippen LogP contribution in [0.3, 0.4) is 0 Å². The monoisotopic (exact) mass is 393 g/mol. The number of aromatic nitrogens is 2. The molecule has 1 saturated heterocycles. The van der Waals surface area contributed by atoms with Gasteiger partial charge >= 0.3 is 0 Å². The third kappa shape index (κ3) is 4.59. The lowest BCUT2D eigenvalue weighted by molar-refractivity contribution is 0.168. The van der Waals surface area contributed by atoms with Crippen LogP contribution in [0.1, 0.15) is 43.2 Å². The smallest absolute Gasteiger partial charge is 0.241 e. The first-order valence-electron chi connectivity index (χ1n) is 10.1. The summed E-state index contributed by atoms with van der Waals surface area (Å²) in [6, 6.07) is 16.4. The van der Waals surface area contributed by atoms with Crippen LogP contribution in [0.15, 0.2) is 53.1 Å². The van der Waals surface area contributed by atoms with Gasteiger partial charge < -0.3 is 14.0 Å². The predicted molar refractivity (Wildman–Crippen MR) is 111 cm³/mol. The van der Waals surface area contributed by atoms with Crippen LogP contribution in [0.5, 0.6) is 11.5 Å². The van der Waals surface area contributed by atoms with Gasteiger partial charge in [-0.2, -0.15) is 4.98 Å². The second-order valence-electron chi connectivity index (χ2n) is 7.35. The van der Waals surface area contributed by atoms with E-state index in [2.05, 4.69) is 27.2 Å². The van der Waals surface area contributed by atoms with Crippen molar-refractivity contribution >= 4 is 0 Å². The lowest BCUT2D eigenvalue weighted by Gasteiger charge is -2.29. The Balaban J connectivity index is 1.51. The van der Waals surface area contributed by atoms with Gasteiger partial charge in [-0.1, -0.05) is 30.1 Å². The van der Waals surface area contributed by atoms with Gasteiger partial charge in [0.25, 0.3) is 0 Å². The molecular weight excluding hydrogens is 366 g/mol. The van der Waals surface area contributed by atoms with E-state index in [1.54, 1.807) is 14.2 Å². The fraction of sp³-hybridized carbons (Fsp3) is 0.391. The van der Waals surface area contributed by atoms with E-state index < -0.39 is 0 Å². The Morgan fingerprint density at radius 3 is 2.31 bits per heavy atom. The number of ether oxygens (including phenoxy) is 2. The van der Waals surface area contributed by atoms with Gasteiger partial charge in [0.1, 0.15) is 11.5 Å². The second kappa shape index (κ2) is 9.09. The average molecular weight is 393 g/mol. The first-order valence-corrected chi connectivity index (χ1v) is 10.1. The molecule has 1 aliphatic rings. The minimum atomic E-state index is 0.347. The summed E-state index contributed by atoms with van der Waals surface area (Å²) in [5.74, 6) is 2.95. The van der Waals surface area contributed by atoms with E-state index in [1.165, 1.54) is 24.8 Å². The van der Waals surface area contributed by atoms with Crippen molar-refractivity contribution in [3.8, 4) is 22.9 Å². The summed E-state index contributed by atoms with van der Waals surface area (Å²) < 4.78 is 16.1.